The van der Waals surface area contributed by atoms with Gasteiger partial charge in [0.1, 0.15) is 80.1 Å². The number of rotatable bonds is 34. The molecule has 34 nitrogen and oxygen atoms in total. The number of nitrogens with zero attached hydrogens (tertiary/aromatic N) is 8. The van der Waals surface area contributed by atoms with E-state index in [-0.39, 0.29) is 128 Å². The number of aliphatic hydroxyl groups excluding tert-OH is 6. The van der Waals surface area contributed by atoms with Crippen LogP contribution in [0.2, 0.25) is 0 Å². The molecular formula is C84H158N10O24. The van der Waals surface area contributed by atoms with E-state index in [2.05, 4.69) is 20.4 Å². The Balaban J connectivity index is 0.00000124. The van der Waals surface area contributed by atoms with Crippen molar-refractivity contribution >= 4 is 59.6 Å². The predicted molar refractivity (Wildman–Crippen MR) is 447 cm³/mol. The summed E-state index contributed by atoms with van der Waals surface area (Å²) in [4.78, 5) is 151. The molecule has 2 heterocycles. The first-order valence-electron chi connectivity index (χ1n) is 42.0. The Labute approximate surface area is 704 Å². The summed E-state index contributed by atoms with van der Waals surface area (Å²) in [5, 5.41) is 64.0. The van der Waals surface area contributed by atoms with Gasteiger partial charge < -0.3 is 79.2 Å². The number of amides is 2. The van der Waals surface area contributed by atoms with E-state index in [9.17, 15) is 78.6 Å². The third kappa shape index (κ3) is 47.5. The Morgan fingerprint density at radius 1 is 0.263 bits per heavy atom. The molecule has 0 bridgehead atoms. The number of esters is 8. The highest BCUT2D eigenvalue weighted by Crippen LogP contribution is 2.24. The van der Waals surface area contributed by atoms with E-state index in [0.717, 1.165) is 12.8 Å². The lowest BCUT2D eigenvalue weighted by Crippen LogP contribution is -2.57. The van der Waals surface area contributed by atoms with Gasteiger partial charge in [-0.05, 0) is 192 Å². The zero-order valence-electron chi connectivity index (χ0n) is 77.0. The average molecular weight is 1690 g/mol. The van der Waals surface area contributed by atoms with Crippen LogP contribution in [0.3, 0.4) is 0 Å². The first kappa shape index (κ1) is 110. The normalized spacial score (nSPS) is 17.8. The Bertz CT molecular complexity index is 2810. The number of hydrogen-bond acceptors (Lipinski definition) is 32. The van der Waals surface area contributed by atoms with Crippen molar-refractivity contribution in [3.8, 4) is 0 Å². The molecule has 2 aliphatic heterocycles. The number of ether oxygens (including phenoxy) is 8. The molecule has 0 radical (unpaired) electrons. The topological polar surface area (TPSA) is 416 Å². The molecular weight excluding hydrogens is 1530 g/mol. The van der Waals surface area contributed by atoms with E-state index < -0.39 is 155 Å². The van der Waals surface area contributed by atoms with Crippen LogP contribution in [0.25, 0.3) is 0 Å². The van der Waals surface area contributed by atoms with Crippen molar-refractivity contribution in [3.63, 3.8) is 0 Å². The molecule has 8 N–H and O–H groups in total. The SMILES string of the molecule is CC(C)(C)OC(=O)CN1CCN([C@H](CCC(=O)NC(CO)(CO)CO)C(=O)OC(C)(C)C)CCN(CC(=O)OC(C)(C)C)CCN([C@H](CCC(=O)NC(CO)(CO)CO)C(=O)OC(C)(C)C)CC1.CCC[C@H](C(=O)OC(C)(C)C)N1CCN(CC(=O)OC(C)(C)C)CCN([C@H](CCC)C(=O)OC(C)(C)C)CCN(CC(=O)OC(C)(C)C)CC1. The smallest absolute Gasteiger partial charge is 0.323 e. The standard InChI is InChI=1S/C46H86N6O16.C38H72N4O8/c1-41(2,3)65-37(61)25-49-17-21-51(33(39(63)67-43(7,8)9)13-15-35(59)47-45(27-53,28-54)29-55)23-19-50(26-38(62)66-42(4,5)6)20-24-52(22-18-49)34(40(64)68-44(10,11)12)14-16-36(60)48-46(30-56,31-57)32-58;1-15-17-29(33(45)49-37(9,10)11)41-23-19-39(27-31(43)47-35(3,4)5)21-25-42(30(18-16-2)34(46)50-38(12,13)14)26-22-40(20-24-41)28-32(44)48-36(6,7)8/h33-34,53-58H,13-32H2,1-12H3,(H,47,59)(H,48,60);29-30H,15-28H2,1-14H3/t33-,34-;29-,30-/m11/s1. The van der Waals surface area contributed by atoms with Crippen LogP contribution in [0.15, 0.2) is 0 Å². The van der Waals surface area contributed by atoms with Crippen LogP contribution in [0.4, 0.5) is 0 Å². The predicted octanol–water partition coefficient (Wildman–Crippen LogP) is 3.45. The molecule has 2 amide bonds. The average Bonchev–Trinajstić information content (AvgIpc) is 0.849. The fourth-order valence-corrected chi connectivity index (χ4v) is 12.8. The minimum atomic E-state index is -1.70. The van der Waals surface area contributed by atoms with Crippen molar-refractivity contribution in [3.05, 3.63) is 0 Å². The molecule has 118 heavy (non-hydrogen) atoms. The molecule has 0 aromatic carbocycles. The van der Waals surface area contributed by atoms with Gasteiger partial charge in [0.15, 0.2) is 0 Å². The molecule has 34 heteroatoms. The first-order valence-corrected chi connectivity index (χ1v) is 42.0. The minimum absolute atomic E-state index is 0.0689. The molecule has 2 rings (SSSR count). The third-order valence-corrected chi connectivity index (χ3v) is 18.2. The second kappa shape index (κ2) is 50.0. The number of carbonyl (C=O) groups is 10. The molecule has 0 aliphatic carbocycles. The zero-order valence-corrected chi connectivity index (χ0v) is 77.0. The van der Waals surface area contributed by atoms with E-state index in [0.29, 0.717) is 65.2 Å². The lowest BCUT2D eigenvalue weighted by molar-refractivity contribution is -0.164. The number of carbonyl (C=O) groups excluding carboxylic acids is 10. The molecule has 0 unspecified atom stereocenters. The van der Waals surface area contributed by atoms with E-state index in [4.69, 9.17) is 37.9 Å². The highest BCUT2D eigenvalue weighted by atomic mass is 16.6. The van der Waals surface area contributed by atoms with Crippen LogP contribution in [-0.4, -0.2) is 380 Å². The summed E-state index contributed by atoms with van der Waals surface area (Å²) in [6.45, 7) is 47.0. The van der Waals surface area contributed by atoms with E-state index >= 15 is 0 Å². The minimum Gasteiger partial charge on any atom is -0.459 e. The third-order valence-electron chi connectivity index (χ3n) is 18.2. The molecule has 688 valence electrons. The quantitative estimate of drug-likeness (QED) is 0.0338. The summed E-state index contributed by atoms with van der Waals surface area (Å²) >= 11 is 0. The summed E-state index contributed by atoms with van der Waals surface area (Å²) in [5.74, 6) is -4.95. The lowest BCUT2D eigenvalue weighted by Gasteiger charge is -2.39. The molecule has 0 aromatic rings. The van der Waals surface area contributed by atoms with Crippen molar-refractivity contribution in [1.82, 2.24) is 49.8 Å². The van der Waals surface area contributed by atoms with Crippen molar-refractivity contribution in [2.75, 3.05) is 171 Å². The van der Waals surface area contributed by atoms with Gasteiger partial charge in [-0.25, -0.2) is 0 Å². The summed E-state index contributed by atoms with van der Waals surface area (Å²) in [6, 6.07) is -3.12. The monoisotopic (exact) mass is 1690 g/mol. The Morgan fingerprint density at radius 3 is 0.568 bits per heavy atom. The van der Waals surface area contributed by atoms with Gasteiger partial charge in [0.05, 0.1) is 65.8 Å². The molecule has 2 aliphatic rings. The maximum absolute atomic E-state index is 14.1. The second-order valence-corrected chi connectivity index (χ2v) is 39.1. The van der Waals surface area contributed by atoms with Gasteiger partial charge >= 0.3 is 47.8 Å². The van der Waals surface area contributed by atoms with Gasteiger partial charge in [0.25, 0.3) is 0 Å². The number of hydrogen-bond donors (Lipinski definition) is 8. The van der Waals surface area contributed by atoms with Crippen molar-refractivity contribution in [2.24, 2.45) is 0 Å². The maximum atomic E-state index is 14.1. The largest absolute Gasteiger partial charge is 0.459 e. The van der Waals surface area contributed by atoms with Crippen LogP contribution in [0, 0.1) is 0 Å². The first-order chi connectivity index (χ1) is 54.1. The summed E-state index contributed by atoms with van der Waals surface area (Å²) in [6.07, 6.45) is 1.99. The Kier molecular flexibility index (Phi) is 46.7. The molecule has 4 atom stereocenters. The summed E-state index contributed by atoms with van der Waals surface area (Å²) < 4.78 is 46.3. The second-order valence-electron chi connectivity index (χ2n) is 39.1. The van der Waals surface area contributed by atoms with Gasteiger partial charge in [-0.1, -0.05) is 26.7 Å². The highest BCUT2D eigenvalue weighted by molar-refractivity contribution is 5.82. The number of nitrogens with one attached hydrogen (secondary N) is 2. The van der Waals surface area contributed by atoms with Crippen molar-refractivity contribution in [2.45, 2.75) is 311 Å². The van der Waals surface area contributed by atoms with E-state index in [1.54, 1.807) is 103 Å². The molecule has 0 saturated carbocycles. The molecule has 0 aromatic heterocycles. The van der Waals surface area contributed by atoms with E-state index in [1.165, 1.54) is 0 Å². The van der Waals surface area contributed by atoms with Crippen molar-refractivity contribution in [1.29, 1.82) is 0 Å². The fraction of sp³-hybridized carbons (Fsp3) is 0.881. The highest BCUT2D eigenvalue weighted by Gasteiger charge is 2.40. The van der Waals surface area contributed by atoms with Gasteiger partial charge in [-0.2, -0.15) is 0 Å². The van der Waals surface area contributed by atoms with Crippen LogP contribution in [0.1, 0.15) is 231 Å². The van der Waals surface area contributed by atoms with Crippen LogP contribution >= 0.6 is 0 Å². The molecule has 2 fully saturated rings. The Morgan fingerprint density at radius 2 is 0.424 bits per heavy atom. The number of aliphatic hydroxyl groups is 6. The zero-order chi connectivity index (χ0) is 90.8. The van der Waals surface area contributed by atoms with Crippen LogP contribution in [-0.2, 0) is 85.8 Å². The van der Waals surface area contributed by atoms with Crippen molar-refractivity contribution < 1.29 is 116 Å². The van der Waals surface area contributed by atoms with Gasteiger partial charge in [0, 0.05) is 118 Å². The van der Waals surface area contributed by atoms with Gasteiger partial charge in [-0.3, -0.25) is 87.1 Å². The van der Waals surface area contributed by atoms with Crippen LogP contribution in [0.5, 0.6) is 0 Å². The lowest BCUT2D eigenvalue weighted by atomic mass is 10.0. The Hall–Kier alpha value is -5.86. The van der Waals surface area contributed by atoms with Gasteiger partial charge in [-0.15, -0.1) is 0 Å². The fourth-order valence-electron chi connectivity index (χ4n) is 12.8. The summed E-state index contributed by atoms with van der Waals surface area (Å²) in [7, 11) is 0. The van der Waals surface area contributed by atoms with Crippen LogP contribution < -0.4 is 10.6 Å². The van der Waals surface area contributed by atoms with E-state index in [1.807, 2.05) is 107 Å². The summed E-state index contributed by atoms with van der Waals surface area (Å²) in [5.41, 5.74) is -9.51. The maximum Gasteiger partial charge on any atom is 0.323 e. The van der Waals surface area contributed by atoms with Gasteiger partial charge in [0.2, 0.25) is 11.8 Å². The molecule has 2 saturated heterocycles. The molecule has 0 spiro atoms.